The molecule has 3 nitrogen and oxygen atoms in total. The molecule has 0 aliphatic carbocycles. The second-order valence-corrected chi connectivity index (χ2v) is 8.43. The third-order valence-corrected chi connectivity index (χ3v) is 5.57. The van der Waals surface area contributed by atoms with Gasteiger partial charge in [-0.05, 0) is 44.0 Å². The van der Waals surface area contributed by atoms with Crippen LogP contribution < -0.4 is 5.32 Å². The van der Waals surface area contributed by atoms with Gasteiger partial charge in [0.15, 0.2) is 0 Å². The Bertz CT molecular complexity index is 682. The van der Waals surface area contributed by atoms with Gasteiger partial charge in [-0.15, -0.1) is 22.7 Å². The summed E-state index contributed by atoms with van der Waals surface area (Å²) in [5, 5.41) is 13.4. The lowest BCUT2D eigenvalue weighted by atomic mass is 10.3. The number of amides is 1. The summed E-state index contributed by atoms with van der Waals surface area (Å²) in [4.78, 5) is 13.0. The van der Waals surface area contributed by atoms with Gasteiger partial charge in [0.25, 0.3) is 5.91 Å². The molecule has 104 valence electrons. The molecular formula is C13H9Br2NO2S2. The zero-order valence-corrected chi connectivity index (χ0v) is 14.9. The summed E-state index contributed by atoms with van der Waals surface area (Å²) >= 11 is 9.71. The van der Waals surface area contributed by atoms with Gasteiger partial charge in [-0.2, -0.15) is 0 Å². The van der Waals surface area contributed by atoms with Crippen molar-refractivity contribution >= 4 is 60.4 Å². The molecule has 2 aromatic rings. The van der Waals surface area contributed by atoms with Gasteiger partial charge in [0, 0.05) is 15.8 Å². The monoisotopic (exact) mass is 433 g/mol. The first kappa shape index (κ1) is 15.7. The van der Waals surface area contributed by atoms with Crippen molar-refractivity contribution < 1.29 is 9.90 Å². The number of aliphatic hydroxyl groups excluding tert-OH is 1. The number of rotatable bonds is 3. The van der Waals surface area contributed by atoms with Gasteiger partial charge < -0.3 is 10.4 Å². The van der Waals surface area contributed by atoms with Crippen molar-refractivity contribution in [1.82, 2.24) is 5.32 Å². The lowest BCUT2D eigenvalue weighted by Gasteiger charge is -2.01. The predicted molar refractivity (Wildman–Crippen MR) is 89.2 cm³/mol. The summed E-state index contributed by atoms with van der Waals surface area (Å²) in [5.74, 6) is 5.31. The minimum absolute atomic E-state index is 0.116. The number of nitrogens with one attached hydrogen (secondary N) is 1. The first-order chi connectivity index (χ1) is 9.60. The summed E-state index contributed by atoms with van der Waals surface area (Å²) in [7, 11) is 0. The molecular weight excluding hydrogens is 426 g/mol. The molecule has 0 aromatic carbocycles. The molecule has 2 aromatic heterocycles. The van der Waals surface area contributed by atoms with Crippen LogP contribution in [0.2, 0.25) is 0 Å². The zero-order chi connectivity index (χ0) is 14.5. The topological polar surface area (TPSA) is 49.3 Å². The van der Waals surface area contributed by atoms with Crippen LogP contribution in [-0.2, 0) is 6.54 Å². The van der Waals surface area contributed by atoms with Crippen LogP contribution in [0.25, 0.3) is 0 Å². The minimum Gasteiger partial charge on any atom is -0.384 e. The van der Waals surface area contributed by atoms with E-state index in [9.17, 15) is 4.79 Å². The Morgan fingerprint density at radius 3 is 2.85 bits per heavy atom. The molecule has 0 saturated carbocycles. The molecule has 0 bridgehead atoms. The molecule has 1 amide bonds. The molecule has 2 heterocycles. The van der Waals surface area contributed by atoms with E-state index in [0.29, 0.717) is 12.1 Å². The van der Waals surface area contributed by atoms with Gasteiger partial charge in [-0.25, -0.2) is 0 Å². The van der Waals surface area contributed by atoms with Crippen molar-refractivity contribution in [3.63, 3.8) is 0 Å². The Balaban J connectivity index is 1.96. The fourth-order valence-electron chi connectivity index (χ4n) is 1.44. The summed E-state index contributed by atoms with van der Waals surface area (Å²) in [6, 6.07) is 3.70. The number of hydrogen-bond donors (Lipinski definition) is 2. The highest BCUT2D eigenvalue weighted by molar-refractivity contribution is 9.12. The van der Waals surface area contributed by atoms with Crippen LogP contribution in [0.1, 0.15) is 20.8 Å². The van der Waals surface area contributed by atoms with E-state index >= 15 is 0 Å². The number of aliphatic hydroxyl groups is 1. The van der Waals surface area contributed by atoms with E-state index in [2.05, 4.69) is 49.0 Å². The second-order valence-electron chi connectivity index (χ2n) is 3.68. The number of halogens is 2. The molecule has 2 N–H and O–H groups in total. The first-order valence-electron chi connectivity index (χ1n) is 5.50. The lowest BCUT2D eigenvalue weighted by Crippen LogP contribution is -2.22. The highest BCUT2D eigenvalue weighted by Crippen LogP contribution is 2.31. The van der Waals surface area contributed by atoms with Crippen molar-refractivity contribution in [1.29, 1.82) is 0 Å². The molecule has 0 atom stereocenters. The predicted octanol–water partition coefficient (Wildman–Crippen LogP) is 3.61. The molecule has 0 radical (unpaired) electrons. The Hall–Kier alpha value is -0.650. The summed E-state index contributed by atoms with van der Waals surface area (Å²) in [6.45, 7) is 0.313. The quantitative estimate of drug-likeness (QED) is 0.725. The van der Waals surface area contributed by atoms with Crippen LogP contribution in [0.3, 0.4) is 0 Å². The van der Waals surface area contributed by atoms with Crippen LogP contribution in [0.15, 0.2) is 25.1 Å². The Kier molecular flexibility index (Phi) is 5.81. The lowest BCUT2D eigenvalue weighted by molar-refractivity contribution is 0.0951. The minimum atomic E-state index is -0.150. The van der Waals surface area contributed by atoms with Gasteiger partial charge in [-0.3, -0.25) is 4.79 Å². The Morgan fingerprint density at radius 2 is 2.20 bits per heavy atom. The van der Waals surface area contributed by atoms with E-state index in [1.54, 1.807) is 6.07 Å². The molecule has 0 aliphatic heterocycles. The van der Waals surface area contributed by atoms with Gasteiger partial charge in [0.1, 0.15) is 6.61 Å². The molecule has 20 heavy (non-hydrogen) atoms. The van der Waals surface area contributed by atoms with Crippen LogP contribution in [0, 0.1) is 11.8 Å². The van der Waals surface area contributed by atoms with Gasteiger partial charge >= 0.3 is 0 Å². The van der Waals surface area contributed by atoms with E-state index in [4.69, 9.17) is 5.11 Å². The number of carbonyl (C=O) groups is 1. The number of carbonyl (C=O) groups excluding carboxylic acids is 1. The number of thiophene rings is 2. The summed E-state index contributed by atoms with van der Waals surface area (Å²) in [5.41, 5.74) is 1.48. The molecule has 2 rings (SSSR count). The first-order valence-corrected chi connectivity index (χ1v) is 8.78. The standard InChI is InChI=1S/C13H9Br2NO2S2/c14-11-5-10(12(15)20-11)13(18)16-6-9-4-8(7-19-9)2-1-3-17/h4-5,7,17H,3,6H2,(H,16,18). The molecule has 7 heteroatoms. The highest BCUT2D eigenvalue weighted by Gasteiger charge is 2.13. The SMILES string of the molecule is O=C(NCc1cc(C#CCO)cs1)c1cc(Br)sc1Br. The Morgan fingerprint density at radius 1 is 1.40 bits per heavy atom. The van der Waals surface area contributed by atoms with Crippen molar-refractivity contribution in [2.24, 2.45) is 0 Å². The second kappa shape index (κ2) is 7.38. The Labute approximate surface area is 141 Å². The summed E-state index contributed by atoms with van der Waals surface area (Å²) in [6.07, 6.45) is 0. The maximum Gasteiger partial charge on any atom is 0.253 e. The van der Waals surface area contributed by atoms with Crippen LogP contribution >= 0.6 is 54.5 Å². The van der Waals surface area contributed by atoms with Crippen LogP contribution in [0.4, 0.5) is 0 Å². The molecule has 0 spiro atoms. The zero-order valence-electron chi connectivity index (χ0n) is 10.1. The normalized spacial score (nSPS) is 9.95. The van der Waals surface area contributed by atoms with Gasteiger partial charge in [0.2, 0.25) is 0 Å². The molecule has 0 saturated heterocycles. The maximum atomic E-state index is 12.0. The average molecular weight is 435 g/mol. The van der Waals surface area contributed by atoms with Crippen molar-refractivity contribution in [3.05, 3.63) is 41.1 Å². The van der Waals surface area contributed by atoms with E-state index in [-0.39, 0.29) is 12.5 Å². The van der Waals surface area contributed by atoms with E-state index < -0.39 is 0 Å². The van der Waals surface area contributed by atoms with E-state index in [0.717, 1.165) is 18.0 Å². The van der Waals surface area contributed by atoms with Gasteiger partial charge in [0.05, 0.1) is 19.7 Å². The number of hydrogen-bond acceptors (Lipinski definition) is 4. The third kappa shape index (κ3) is 4.17. The maximum absolute atomic E-state index is 12.0. The summed E-state index contributed by atoms with van der Waals surface area (Å²) < 4.78 is 1.72. The van der Waals surface area contributed by atoms with Crippen molar-refractivity contribution in [2.75, 3.05) is 6.61 Å². The van der Waals surface area contributed by atoms with E-state index in [1.807, 2.05) is 11.4 Å². The van der Waals surface area contributed by atoms with Gasteiger partial charge in [-0.1, -0.05) is 11.8 Å². The highest BCUT2D eigenvalue weighted by atomic mass is 79.9. The molecule has 0 unspecified atom stereocenters. The van der Waals surface area contributed by atoms with Crippen molar-refractivity contribution in [3.8, 4) is 11.8 Å². The van der Waals surface area contributed by atoms with Crippen LogP contribution in [-0.4, -0.2) is 17.6 Å². The molecule has 0 aliphatic rings. The fourth-order valence-corrected chi connectivity index (χ4v) is 4.99. The average Bonchev–Trinajstić information content (AvgIpc) is 3.00. The van der Waals surface area contributed by atoms with Crippen LogP contribution in [0.5, 0.6) is 0 Å². The fraction of sp³-hybridized carbons (Fsp3) is 0.154. The van der Waals surface area contributed by atoms with Crippen molar-refractivity contribution in [2.45, 2.75) is 6.54 Å². The molecule has 0 fully saturated rings. The van der Waals surface area contributed by atoms with E-state index in [1.165, 1.54) is 22.7 Å². The third-order valence-electron chi connectivity index (χ3n) is 2.29. The largest absolute Gasteiger partial charge is 0.384 e. The smallest absolute Gasteiger partial charge is 0.253 e.